The van der Waals surface area contributed by atoms with Crippen LogP contribution in [0, 0.1) is 6.92 Å². The van der Waals surface area contributed by atoms with Crippen molar-refractivity contribution in [3.05, 3.63) is 115 Å². The average Bonchev–Trinajstić information content (AvgIpc) is 3.32. The summed E-state index contributed by atoms with van der Waals surface area (Å²) in [4.78, 5) is 19.4. The molecule has 5 aromatic rings. The molecule has 5 nitrogen and oxygen atoms in total. The summed E-state index contributed by atoms with van der Waals surface area (Å²) in [7, 11) is 1.88. The Morgan fingerprint density at radius 1 is 0.912 bits per heavy atom. The van der Waals surface area contributed by atoms with Gasteiger partial charge in [-0.1, -0.05) is 59.6 Å². The van der Waals surface area contributed by atoms with Crippen molar-refractivity contribution in [1.29, 1.82) is 0 Å². The minimum Gasteiger partial charge on any atom is -0.283 e. The molecule has 0 N–H and O–H groups in total. The third-order valence-corrected chi connectivity index (χ3v) is 7.02. The third-order valence-electron chi connectivity index (χ3n) is 5.64. The van der Waals surface area contributed by atoms with Crippen molar-refractivity contribution in [1.82, 2.24) is 13.9 Å². The van der Waals surface area contributed by atoms with Crippen molar-refractivity contribution < 1.29 is 0 Å². The van der Waals surface area contributed by atoms with Crippen LogP contribution in [0.3, 0.4) is 0 Å². The smallest absolute Gasteiger partial charge is 0.283 e. The van der Waals surface area contributed by atoms with Crippen LogP contribution in [0.2, 0.25) is 10.0 Å². The average molecular weight is 507 g/mol. The molecule has 2 aromatic heterocycles. The lowest BCUT2D eigenvalue weighted by Gasteiger charge is -2.10. The molecular formula is C26H20Cl2N4OS. The Balaban J connectivity index is 1.85. The molecule has 5 rings (SSSR count). The van der Waals surface area contributed by atoms with Crippen LogP contribution in [0.1, 0.15) is 5.69 Å². The van der Waals surface area contributed by atoms with Crippen molar-refractivity contribution in [3.8, 4) is 22.6 Å². The van der Waals surface area contributed by atoms with Crippen LogP contribution in [-0.2, 0) is 7.05 Å². The van der Waals surface area contributed by atoms with E-state index in [-0.39, 0.29) is 5.56 Å². The number of benzene rings is 3. The highest BCUT2D eigenvalue weighted by molar-refractivity contribution is 7.07. The SMILES string of the molecule is Cc1c(-n2c(-c3ccc(Cl)cc3Cl)csc2=Nc2ccccc2)c(=O)n(-c2ccccc2)n1C. The molecule has 0 aliphatic rings. The van der Waals surface area contributed by atoms with Crippen molar-refractivity contribution in [2.75, 3.05) is 0 Å². The van der Waals surface area contributed by atoms with E-state index in [2.05, 4.69) is 0 Å². The summed E-state index contributed by atoms with van der Waals surface area (Å²) in [5.41, 5.74) is 4.29. The number of nitrogens with zero attached hydrogens (tertiary/aromatic N) is 4. The Labute approximate surface area is 210 Å². The van der Waals surface area contributed by atoms with Gasteiger partial charge in [0.1, 0.15) is 5.69 Å². The van der Waals surface area contributed by atoms with Crippen LogP contribution < -0.4 is 10.4 Å². The summed E-state index contributed by atoms with van der Waals surface area (Å²) in [6, 6.07) is 24.6. The third kappa shape index (κ3) is 3.94. The van der Waals surface area contributed by atoms with Crippen molar-refractivity contribution in [2.45, 2.75) is 6.92 Å². The van der Waals surface area contributed by atoms with E-state index in [1.54, 1.807) is 16.8 Å². The van der Waals surface area contributed by atoms with Gasteiger partial charge < -0.3 is 0 Å². The lowest BCUT2D eigenvalue weighted by atomic mass is 10.1. The van der Waals surface area contributed by atoms with E-state index in [1.807, 2.05) is 95.3 Å². The van der Waals surface area contributed by atoms with Gasteiger partial charge in [-0.25, -0.2) is 9.67 Å². The van der Waals surface area contributed by atoms with Crippen molar-refractivity contribution in [3.63, 3.8) is 0 Å². The van der Waals surface area contributed by atoms with Crippen LogP contribution in [0.15, 0.2) is 94.0 Å². The van der Waals surface area contributed by atoms with E-state index in [4.69, 9.17) is 28.2 Å². The highest BCUT2D eigenvalue weighted by Crippen LogP contribution is 2.32. The fourth-order valence-corrected chi connectivity index (χ4v) is 5.32. The molecule has 0 saturated carbocycles. The Morgan fingerprint density at radius 3 is 2.26 bits per heavy atom. The quantitative estimate of drug-likeness (QED) is 0.272. The first-order valence-corrected chi connectivity index (χ1v) is 12.2. The summed E-state index contributed by atoms with van der Waals surface area (Å²) < 4.78 is 5.41. The highest BCUT2D eigenvalue weighted by Gasteiger charge is 2.22. The number of halogens is 2. The molecule has 0 fully saturated rings. The molecule has 0 spiro atoms. The van der Waals surface area contributed by atoms with Crippen molar-refractivity contribution in [2.24, 2.45) is 12.0 Å². The van der Waals surface area contributed by atoms with Gasteiger partial charge in [-0.05, 0) is 49.4 Å². The second-order valence-electron chi connectivity index (χ2n) is 7.72. The summed E-state index contributed by atoms with van der Waals surface area (Å²) >= 11 is 14.2. The Hall–Kier alpha value is -3.32. The molecule has 0 bridgehead atoms. The van der Waals surface area contributed by atoms with E-state index in [9.17, 15) is 4.79 Å². The first-order valence-electron chi connectivity index (χ1n) is 10.6. The topological polar surface area (TPSA) is 44.2 Å². The maximum atomic E-state index is 13.9. The number of hydrogen-bond acceptors (Lipinski definition) is 3. The van der Waals surface area contributed by atoms with Gasteiger partial charge in [0.05, 0.1) is 27.8 Å². The molecule has 0 unspecified atom stereocenters. The second kappa shape index (κ2) is 9.14. The molecule has 170 valence electrons. The normalized spacial score (nSPS) is 11.8. The molecule has 0 amide bonds. The predicted octanol–water partition coefficient (Wildman–Crippen LogP) is 6.54. The van der Waals surface area contributed by atoms with Gasteiger partial charge in [0.25, 0.3) is 5.56 Å². The molecule has 0 atom stereocenters. The van der Waals surface area contributed by atoms with Crippen LogP contribution >= 0.6 is 34.5 Å². The van der Waals surface area contributed by atoms with Crippen LogP contribution in [-0.4, -0.2) is 13.9 Å². The van der Waals surface area contributed by atoms with Gasteiger partial charge in [0.2, 0.25) is 0 Å². The van der Waals surface area contributed by atoms with E-state index < -0.39 is 0 Å². The number of rotatable bonds is 4. The fraction of sp³-hybridized carbons (Fsp3) is 0.0769. The van der Waals surface area contributed by atoms with Gasteiger partial charge in [0.15, 0.2) is 4.80 Å². The largest absolute Gasteiger partial charge is 0.296 e. The lowest BCUT2D eigenvalue weighted by Crippen LogP contribution is -2.24. The minimum atomic E-state index is -0.148. The van der Waals surface area contributed by atoms with Gasteiger partial charge in [-0.3, -0.25) is 14.0 Å². The first kappa shape index (κ1) is 22.5. The number of aromatic nitrogens is 3. The number of hydrogen-bond donors (Lipinski definition) is 0. The summed E-state index contributed by atoms with van der Waals surface area (Å²) in [5.74, 6) is 0. The fourth-order valence-electron chi connectivity index (χ4n) is 3.92. The van der Waals surface area contributed by atoms with Gasteiger partial charge >= 0.3 is 0 Å². The Kier molecular flexibility index (Phi) is 6.04. The zero-order valence-electron chi connectivity index (χ0n) is 18.4. The van der Waals surface area contributed by atoms with Gasteiger partial charge in [0, 0.05) is 23.0 Å². The van der Waals surface area contributed by atoms with E-state index >= 15 is 0 Å². The molecule has 2 heterocycles. The summed E-state index contributed by atoms with van der Waals surface area (Å²) in [6.07, 6.45) is 0. The molecule has 0 aliphatic carbocycles. The minimum absolute atomic E-state index is 0.148. The summed E-state index contributed by atoms with van der Waals surface area (Å²) in [6.45, 7) is 1.93. The standard InChI is InChI=1S/C26H20Cl2N4OS/c1-17-24(25(33)32(30(17)2)20-11-7-4-8-12-20)31-23(21-14-13-18(27)15-22(21)28)16-34-26(31)29-19-9-5-3-6-10-19/h3-16H,1-2H3. The predicted molar refractivity (Wildman–Crippen MR) is 140 cm³/mol. The molecule has 8 heteroatoms. The molecule has 0 radical (unpaired) electrons. The van der Waals surface area contributed by atoms with Crippen molar-refractivity contribution >= 4 is 40.2 Å². The van der Waals surface area contributed by atoms with Gasteiger partial charge in [-0.2, -0.15) is 0 Å². The van der Waals surface area contributed by atoms with E-state index in [0.29, 0.717) is 20.5 Å². The Bertz CT molecular complexity index is 1610. The monoisotopic (exact) mass is 506 g/mol. The van der Waals surface area contributed by atoms with Gasteiger partial charge in [-0.15, -0.1) is 11.3 Å². The maximum absolute atomic E-state index is 13.9. The molecule has 0 aliphatic heterocycles. The zero-order valence-corrected chi connectivity index (χ0v) is 20.8. The molecule has 0 saturated heterocycles. The number of thiazole rings is 1. The lowest BCUT2D eigenvalue weighted by molar-refractivity contribution is 0.630. The van der Waals surface area contributed by atoms with Crippen LogP contribution in [0.25, 0.3) is 22.6 Å². The maximum Gasteiger partial charge on any atom is 0.296 e. The highest BCUT2D eigenvalue weighted by atomic mass is 35.5. The first-order chi connectivity index (χ1) is 16.5. The number of para-hydroxylation sites is 2. The summed E-state index contributed by atoms with van der Waals surface area (Å²) in [5, 5.41) is 3.02. The van der Waals surface area contributed by atoms with Crippen LogP contribution in [0.5, 0.6) is 0 Å². The molecule has 34 heavy (non-hydrogen) atoms. The molecular weight excluding hydrogens is 487 g/mol. The molecule has 3 aromatic carbocycles. The van der Waals surface area contributed by atoms with Crippen LogP contribution in [0.4, 0.5) is 5.69 Å². The van der Waals surface area contributed by atoms with E-state index in [1.165, 1.54) is 11.3 Å². The second-order valence-corrected chi connectivity index (χ2v) is 9.40. The van der Waals surface area contributed by atoms with E-state index in [0.717, 1.165) is 28.3 Å². The Morgan fingerprint density at radius 2 is 1.59 bits per heavy atom. The zero-order chi connectivity index (χ0) is 23.8.